The van der Waals surface area contributed by atoms with Gasteiger partial charge >= 0.3 is 0 Å². The summed E-state index contributed by atoms with van der Waals surface area (Å²) in [5.74, 6) is 0.814. The van der Waals surface area contributed by atoms with Crippen molar-refractivity contribution in [3.63, 3.8) is 0 Å². The van der Waals surface area contributed by atoms with Gasteiger partial charge in [-0.3, -0.25) is 0 Å². The molecule has 0 bridgehead atoms. The van der Waals surface area contributed by atoms with E-state index in [1.54, 1.807) is 0 Å². The zero-order valence-corrected chi connectivity index (χ0v) is 9.02. The van der Waals surface area contributed by atoms with E-state index >= 15 is 0 Å². The fourth-order valence-electron chi connectivity index (χ4n) is 2.58. The lowest BCUT2D eigenvalue weighted by atomic mass is 10.1. The molecular weight excluding hydrogens is 184 g/mol. The van der Waals surface area contributed by atoms with E-state index in [-0.39, 0.29) is 6.17 Å². The largest absolute Gasteiger partial charge is 0.356 e. The highest BCUT2D eigenvalue weighted by Crippen LogP contribution is 2.45. The van der Waals surface area contributed by atoms with Crippen LogP contribution in [0.4, 0.5) is 5.69 Å². The van der Waals surface area contributed by atoms with E-state index in [0.29, 0.717) is 0 Å². The van der Waals surface area contributed by atoms with Crippen molar-refractivity contribution >= 4 is 5.69 Å². The van der Waals surface area contributed by atoms with Crippen LogP contribution in [0.1, 0.15) is 37.2 Å². The molecule has 15 heavy (non-hydrogen) atoms. The molecule has 1 saturated heterocycles. The molecule has 1 atom stereocenters. The van der Waals surface area contributed by atoms with E-state index in [1.807, 2.05) is 0 Å². The van der Waals surface area contributed by atoms with Crippen molar-refractivity contribution in [2.24, 2.45) is 5.73 Å². The topological polar surface area (TPSA) is 29.3 Å². The molecule has 1 heterocycles. The van der Waals surface area contributed by atoms with Gasteiger partial charge in [-0.1, -0.05) is 18.2 Å². The van der Waals surface area contributed by atoms with Gasteiger partial charge in [0.05, 0.1) is 6.17 Å². The molecule has 3 rings (SSSR count). The lowest BCUT2D eigenvalue weighted by Gasteiger charge is -2.26. The van der Waals surface area contributed by atoms with E-state index in [0.717, 1.165) is 18.9 Å². The minimum absolute atomic E-state index is 0.241. The molecule has 1 aliphatic carbocycles. The van der Waals surface area contributed by atoms with Crippen molar-refractivity contribution in [3.8, 4) is 0 Å². The Morgan fingerprint density at radius 3 is 2.60 bits per heavy atom. The van der Waals surface area contributed by atoms with Gasteiger partial charge in [0.25, 0.3) is 0 Å². The normalized spacial score (nSPS) is 25.9. The Morgan fingerprint density at radius 2 is 1.93 bits per heavy atom. The van der Waals surface area contributed by atoms with Gasteiger partial charge in [-0.25, -0.2) is 0 Å². The maximum absolute atomic E-state index is 6.13. The second-order valence-electron chi connectivity index (χ2n) is 4.74. The zero-order chi connectivity index (χ0) is 10.3. The molecule has 2 N–H and O–H groups in total. The maximum atomic E-state index is 6.13. The van der Waals surface area contributed by atoms with Crippen molar-refractivity contribution in [1.82, 2.24) is 0 Å². The van der Waals surface area contributed by atoms with Gasteiger partial charge < -0.3 is 10.6 Å². The number of para-hydroxylation sites is 1. The fraction of sp³-hybridized carbons (Fsp3) is 0.538. The Balaban J connectivity index is 1.95. The molecule has 1 unspecified atom stereocenters. The summed E-state index contributed by atoms with van der Waals surface area (Å²) < 4.78 is 0. The van der Waals surface area contributed by atoms with Crippen LogP contribution in [0.5, 0.6) is 0 Å². The molecule has 2 heteroatoms. The van der Waals surface area contributed by atoms with E-state index in [4.69, 9.17) is 5.73 Å². The summed E-state index contributed by atoms with van der Waals surface area (Å²) in [5.41, 5.74) is 9.04. The summed E-state index contributed by atoms with van der Waals surface area (Å²) in [4.78, 5) is 2.38. The number of hydrogen-bond acceptors (Lipinski definition) is 2. The van der Waals surface area contributed by atoms with E-state index in [2.05, 4.69) is 29.2 Å². The quantitative estimate of drug-likeness (QED) is 0.798. The van der Waals surface area contributed by atoms with E-state index < -0.39 is 0 Å². The lowest BCUT2D eigenvalue weighted by molar-refractivity contribution is 0.698. The highest BCUT2D eigenvalue weighted by molar-refractivity contribution is 5.57. The van der Waals surface area contributed by atoms with E-state index in [1.165, 1.54) is 30.5 Å². The average molecular weight is 202 g/mol. The van der Waals surface area contributed by atoms with Crippen LogP contribution in [0.25, 0.3) is 0 Å². The average Bonchev–Trinajstić information content (AvgIpc) is 3.02. The Kier molecular flexibility index (Phi) is 2.17. The predicted octanol–water partition coefficient (Wildman–Crippen LogP) is 2.45. The second-order valence-corrected chi connectivity index (χ2v) is 4.74. The molecule has 0 amide bonds. The molecule has 2 aliphatic rings. The summed E-state index contributed by atoms with van der Waals surface area (Å²) in [6, 6.07) is 8.79. The first-order valence-corrected chi connectivity index (χ1v) is 5.97. The number of anilines is 1. The van der Waals surface area contributed by atoms with Crippen molar-refractivity contribution in [3.05, 3.63) is 29.8 Å². The number of benzene rings is 1. The fourth-order valence-corrected chi connectivity index (χ4v) is 2.58. The molecule has 1 saturated carbocycles. The number of hydrogen-bond donors (Lipinski definition) is 1. The van der Waals surface area contributed by atoms with Crippen LogP contribution in [-0.4, -0.2) is 12.7 Å². The Hall–Kier alpha value is -1.02. The number of nitrogens with zero attached hydrogens (tertiary/aromatic N) is 1. The third-order valence-corrected chi connectivity index (χ3v) is 3.56. The van der Waals surface area contributed by atoms with Crippen molar-refractivity contribution < 1.29 is 0 Å². The minimum Gasteiger partial charge on any atom is -0.356 e. The second kappa shape index (κ2) is 3.53. The lowest BCUT2D eigenvalue weighted by Crippen LogP contribution is -2.36. The van der Waals surface area contributed by atoms with Crippen LogP contribution in [-0.2, 0) is 0 Å². The number of nitrogens with two attached hydrogens (primary N) is 1. The third-order valence-electron chi connectivity index (χ3n) is 3.56. The van der Waals surface area contributed by atoms with E-state index in [9.17, 15) is 0 Å². The van der Waals surface area contributed by atoms with Crippen molar-refractivity contribution in [2.45, 2.75) is 37.8 Å². The Labute approximate surface area is 91.1 Å². The molecular formula is C13H18N2. The first-order chi connectivity index (χ1) is 7.36. The van der Waals surface area contributed by atoms with Crippen LogP contribution >= 0.6 is 0 Å². The van der Waals surface area contributed by atoms with Crippen LogP contribution in [0, 0.1) is 0 Å². The summed E-state index contributed by atoms with van der Waals surface area (Å²) in [6.45, 7) is 1.13. The molecule has 1 aliphatic heterocycles. The maximum Gasteiger partial charge on any atom is 0.0771 e. The van der Waals surface area contributed by atoms with Gasteiger partial charge in [0, 0.05) is 12.2 Å². The highest BCUT2D eigenvalue weighted by atomic mass is 15.2. The van der Waals surface area contributed by atoms with Gasteiger partial charge in [0.15, 0.2) is 0 Å². The smallest absolute Gasteiger partial charge is 0.0771 e. The van der Waals surface area contributed by atoms with Crippen LogP contribution in [0.2, 0.25) is 0 Å². The molecule has 2 fully saturated rings. The molecule has 0 aromatic heterocycles. The molecule has 2 nitrogen and oxygen atoms in total. The SMILES string of the molecule is NC1CCCN1c1ccccc1C1CC1. The van der Waals surface area contributed by atoms with Crippen LogP contribution in [0.15, 0.2) is 24.3 Å². The highest BCUT2D eigenvalue weighted by Gasteiger charge is 2.30. The summed E-state index contributed by atoms with van der Waals surface area (Å²) in [5, 5.41) is 0. The molecule has 80 valence electrons. The zero-order valence-electron chi connectivity index (χ0n) is 9.02. The molecule has 1 aromatic rings. The summed E-state index contributed by atoms with van der Waals surface area (Å²) in [7, 11) is 0. The van der Waals surface area contributed by atoms with Gasteiger partial charge in [-0.2, -0.15) is 0 Å². The van der Waals surface area contributed by atoms with Gasteiger partial charge in [0.2, 0.25) is 0 Å². The predicted molar refractivity (Wildman–Crippen MR) is 63.0 cm³/mol. The summed E-state index contributed by atoms with van der Waals surface area (Å²) >= 11 is 0. The van der Waals surface area contributed by atoms with Gasteiger partial charge in [-0.05, 0) is 43.2 Å². The minimum atomic E-state index is 0.241. The molecule has 1 aromatic carbocycles. The molecule has 0 spiro atoms. The standard InChI is InChI=1S/C13H18N2/c14-13-6-3-9-15(13)12-5-2-1-4-11(12)10-7-8-10/h1-2,4-5,10,13H,3,6-9,14H2. The monoisotopic (exact) mass is 202 g/mol. The Morgan fingerprint density at radius 1 is 1.13 bits per heavy atom. The summed E-state index contributed by atoms with van der Waals surface area (Å²) in [6.07, 6.45) is 5.34. The number of rotatable bonds is 2. The molecule has 0 radical (unpaired) electrons. The first kappa shape index (κ1) is 9.22. The van der Waals surface area contributed by atoms with Crippen molar-refractivity contribution in [1.29, 1.82) is 0 Å². The van der Waals surface area contributed by atoms with Crippen LogP contribution < -0.4 is 10.6 Å². The van der Waals surface area contributed by atoms with Crippen molar-refractivity contribution in [2.75, 3.05) is 11.4 Å². The van der Waals surface area contributed by atoms with Gasteiger partial charge in [-0.15, -0.1) is 0 Å². The first-order valence-electron chi connectivity index (χ1n) is 5.97. The Bertz CT molecular complexity index is 357. The van der Waals surface area contributed by atoms with Gasteiger partial charge in [0.1, 0.15) is 0 Å². The van der Waals surface area contributed by atoms with Crippen LogP contribution in [0.3, 0.4) is 0 Å². The third kappa shape index (κ3) is 1.63.